The van der Waals surface area contributed by atoms with Crippen molar-refractivity contribution in [1.29, 1.82) is 0 Å². The maximum absolute atomic E-state index is 12.6. The summed E-state index contributed by atoms with van der Waals surface area (Å²) in [5.41, 5.74) is -2.55. The van der Waals surface area contributed by atoms with Crippen LogP contribution in [0.2, 0.25) is 0 Å². The molecule has 242 valence electrons. The number of hydrogen-bond donors (Lipinski definition) is 6. The van der Waals surface area contributed by atoms with Crippen LogP contribution < -0.4 is 32.6 Å². The molecule has 0 saturated heterocycles. The highest BCUT2D eigenvalue weighted by Gasteiger charge is 2.17. The summed E-state index contributed by atoms with van der Waals surface area (Å²) in [4.78, 5) is 75.3. The molecule has 0 fully saturated rings. The second-order valence-corrected chi connectivity index (χ2v) is 10.3. The summed E-state index contributed by atoms with van der Waals surface area (Å²) in [6, 6.07) is 4.00. The Morgan fingerprint density at radius 1 is 0.578 bits per heavy atom. The minimum Gasteiger partial charge on any atom is -0.502 e. The second-order valence-electron chi connectivity index (χ2n) is 10.3. The highest BCUT2D eigenvalue weighted by atomic mass is 16.3. The third kappa shape index (κ3) is 8.60. The van der Waals surface area contributed by atoms with Gasteiger partial charge >= 0.3 is 0 Å². The molecule has 16 nitrogen and oxygen atoms in total. The lowest BCUT2D eigenvalue weighted by Crippen LogP contribution is -2.38. The zero-order valence-corrected chi connectivity index (χ0v) is 25.2. The Labute approximate surface area is 257 Å². The molecule has 16 heteroatoms. The molecule has 0 spiro atoms. The van der Waals surface area contributed by atoms with E-state index in [2.05, 4.69) is 16.0 Å². The molecule has 3 aromatic heterocycles. The van der Waals surface area contributed by atoms with Gasteiger partial charge in [0, 0.05) is 65.9 Å². The maximum atomic E-state index is 12.6. The number of nitrogens with one attached hydrogen (secondary N) is 3. The molecule has 6 N–H and O–H groups in total. The highest BCUT2D eigenvalue weighted by Crippen LogP contribution is 2.12. The molecular weight excluding hydrogens is 590 g/mol. The summed E-state index contributed by atoms with van der Waals surface area (Å²) < 4.78 is 3.43. The average molecular weight is 628 g/mol. The van der Waals surface area contributed by atoms with E-state index in [1.165, 1.54) is 57.9 Å². The van der Waals surface area contributed by atoms with Crippen LogP contribution in [0.1, 0.15) is 43.9 Å². The number of hydrogen-bond acceptors (Lipinski definition) is 10. The number of aromatic hydroxyl groups is 3. The van der Waals surface area contributed by atoms with Gasteiger partial charge in [-0.05, 0) is 44.1 Å². The molecule has 0 unspecified atom stereocenters. The predicted octanol–water partition coefficient (Wildman–Crippen LogP) is -1.43. The molecule has 0 aromatic carbocycles. The molecule has 0 aliphatic rings. The third-order valence-corrected chi connectivity index (χ3v) is 7.05. The fourth-order valence-electron chi connectivity index (χ4n) is 4.35. The van der Waals surface area contributed by atoms with Crippen LogP contribution in [-0.4, -0.2) is 90.9 Å². The molecule has 3 heterocycles. The standard InChI is InChI=1S/C29H37N7O9/c1-33-14-6-18(21(37)27(33)43)24(40)30-9-4-12-36(17-11-32-26(42)20-8-16-35(3)29(45)23(20)39)13-5-10-31-25(41)19-7-15-34(2)28(44)22(19)38/h6-8,14-16,37-39H,4-5,9-13,17H2,1-3H3,(H,30,40)(H,31,41)(H,32,42). The first kappa shape index (κ1) is 34.1. The molecule has 0 atom stereocenters. The van der Waals surface area contributed by atoms with Crippen LogP contribution in [0.5, 0.6) is 17.2 Å². The van der Waals surface area contributed by atoms with Crippen molar-refractivity contribution >= 4 is 17.7 Å². The number of carbonyl (C=O) groups excluding carboxylic acids is 3. The number of nitrogens with zero attached hydrogens (tertiary/aromatic N) is 4. The Balaban J connectivity index is 1.56. The van der Waals surface area contributed by atoms with E-state index in [-0.39, 0.29) is 36.3 Å². The molecule has 0 bridgehead atoms. The van der Waals surface area contributed by atoms with Crippen molar-refractivity contribution in [3.8, 4) is 17.2 Å². The van der Waals surface area contributed by atoms with E-state index in [9.17, 15) is 44.1 Å². The number of pyridine rings is 3. The zero-order chi connectivity index (χ0) is 33.3. The van der Waals surface area contributed by atoms with Crippen LogP contribution in [0.15, 0.2) is 51.2 Å². The molecule has 0 radical (unpaired) electrons. The van der Waals surface area contributed by atoms with Crippen LogP contribution in [0.4, 0.5) is 0 Å². The summed E-state index contributed by atoms with van der Waals surface area (Å²) in [5, 5.41) is 38.0. The van der Waals surface area contributed by atoms with Crippen molar-refractivity contribution < 1.29 is 29.7 Å². The summed E-state index contributed by atoms with van der Waals surface area (Å²) in [7, 11) is 4.34. The summed E-state index contributed by atoms with van der Waals surface area (Å²) in [6.45, 7) is 1.78. The van der Waals surface area contributed by atoms with Crippen molar-refractivity contribution in [2.45, 2.75) is 12.8 Å². The van der Waals surface area contributed by atoms with E-state index in [1.807, 2.05) is 4.90 Å². The summed E-state index contributed by atoms with van der Waals surface area (Å²) in [6.07, 6.45) is 5.02. The van der Waals surface area contributed by atoms with Crippen molar-refractivity contribution in [2.75, 3.05) is 39.3 Å². The quantitative estimate of drug-likeness (QED) is 0.115. The molecule has 0 aliphatic carbocycles. The van der Waals surface area contributed by atoms with Crippen LogP contribution in [-0.2, 0) is 21.1 Å². The van der Waals surface area contributed by atoms with Crippen molar-refractivity contribution in [3.05, 3.63) is 84.5 Å². The van der Waals surface area contributed by atoms with Crippen LogP contribution in [0.25, 0.3) is 0 Å². The molecule has 3 rings (SSSR count). The Bertz CT molecular complexity index is 1660. The Kier molecular flexibility index (Phi) is 11.7. The number of carbonyl (C=O) groups is 3. The smallest absolute Gasteiger partial charge is 0.293 e. The van der Waals surface area contributed by atoms with E-state index in [4.69, 9.17) is 0 Å². The van der Waals surface area contributed by atoms with Crippen molar-refractivity contribution in [3.63, 3.8) is 0 Å². The maximum Gasteiger partial charge on any atom is 0.293 e. The third-order valence-electron chi connectivity index (χ3n) is 7.05. The van der Waals surface area contributed by atoms with E-state index in [0.717, 1.165) is 13.7 Å². The fourth-order valence-corrected chi connectivity index (χ4v) is 4.35. The Morgan fingerprint density at radius 3 is 1.22 bits per heavy atom. The van der Waals surface area contributed by atoms with Gasteiger partial charge in [-0.25, -0.2) is 0 Å². The molecular formula is C29H37N7O9. The Morgan fingerprint density at radius 2 is 0.889 bits per heavy atom. The fraction of sp³-hybridized carbons (Fsp3) is 0.379. The zero-order valence-electron chi connectivity index (χ0n) is 25.2. The van der Waals surface area contributed by atoms with Gasteiger partial charge in [0.2, 0.25) is 0 Å². The molecule has 0 aliphatic heterocycles. The van der Waals surface area contributed by atoms with Gasteiger partial charge in [-0.2, -0.15) is 0 Å². The molecule has 45 heavy (non-hydrogen) atoms. The minimum atomic E-state index is -0.707. The number of aryl methyl sites for hydroxylation is 3. The van der Waals surface area contributed by atoms with Crippen LogP contribution >= 0.6 is 0 Å². The minimum absolute atomic E-state index is 0.144. The molecule has 3 amide bonds. The first-order valence-electron chi connectivity index (χ1n) is 14.1. The summed E-state index contributed by atoms with van der Waals surface area (Å²) in [5.74, 6) is -3.82. The van der Waals surface area contributed by atoms with E-state index >= 15 is 0 Å². The monoisotopic (exact) mass is 627 g/mol. The van der Waals surface area contributed by atoms with Gasteiger partial charge in [-0.3, -0.25) is 28.8 Å². The van der Waals surface area contributed by atoms with Crippen LogP contribution in [0.3, 0.4) is 0 Å². The number of aromatic nitrogens is 3. The molecule has 3 aromatic rings. The SMILES string of the molecule is Cn1ccc(C(=O)NCCCN(CCCNC(=O)c2ccn(C)c(=O)c2O)CCNC(=O)c2ccn(C)c(=O)c2O)c(O)c1=O. The van der Waals surface area contributed by atoms with E-state index in [0.29, 0.717) is 32.5 Å². The largest absolute Gasteiger partial charge is 0.502 e. The predicted molar refractivity (Wildman–Crippen MR) is 163 cm³/mol. The normalized spacial score (nSPS) is 10.9. The van der Waals surface area contributed by atoms with E-state index in [1.54, 1.807) is 0 Å². The first-order valence-corrected chi connectivity index (χ1v) is 14.1. The van der Waals surface area contributed by atoms with Crippen molar-refractivity contribution in [2.24, 2.45) is 21.1 Å². The van der Waals surface area contributed by atoms with Crippen molar-refractivity contribution in [1.82, 2.24) is 34.6 Å². The van der Waals surface area contributed by atoms with Gasteiger partial charge in [0.05, 0.1) is 16.7 Å². The lowest BCUT2D eigenvalue weighted by molar-refractivity contribution is 0.0930. The molecule has 0 saturated carbocycles. The van der Waals surface area contributed by atoms with Gasteiger partial charge in [0.15, 0.2) is 17.2 Å². The highest BCUT2D eigenvalue weighted by molar-refractivity contribution is 5.97. The van der Waals surface area contributed by atoms with Gasteiger partial charge in [0.1, 0.15) is 0 Å². The lowest BCUT2D eigenvalue weighted by Gasteiger charge is -2.23. The van der Waals surface area contributed by atoms with Crippen LogP contribution in [0, 0.1) is 0 Å². The first-order chi connectivity index (χ1) is 21.3. The summed E-state index contributed by atoms with van der Waals surface area (Å²) >= 11 is 0. The number of amides is 3. The van der Waals surface area contributed by atoms with Gasteiger partial charge in [0.25, 0.3) is 34.4 Å². The lowest BCUT2D eigenvalue weighted by atomic mass is 10.2. The number of rotatable bonds is 14. The average Bonchev–Trinajstić information content (AvgIpc) is 3.01. The topological polar surface area (TPSA) is 217 Å². The van der Waals surface area contributed by atoms with Gasteiger partial charge < -0.3 is 49.9 Å². The van der Waals surface area contributed by atoms with Gasteiger partial charge in [-0.1, -0.05) is 0 Å². The van der Waals surface area contributed by atoms with Gasteiger partial charge in [-0.15, -0.1) is 0 Å². The Hall–Kier alpha value is -5.38. The second kappa shape index (κ2) is 15.4. The van der Waals surface area contributed by atoms with E-state index < -0.39 is 51.6 Å².